The third kappa shape index (κ3) is 2.59. The van der Waals surface area contributed by atoms with Crippen LogP contribution in [0.2, 0.25) is 0 Å². The van der Waals surface area contributed by atoms with E-state index in [1.54, 1.807) is 36.4 Å². The quantitative estimate of drug-likeness (QED) is 0.750. The number of nitrogens with two attached hydrogens (primary N) is 1. The largest absolute Gasteiger partial charge is 0.364 e. The van der Waals surface area contributed by atoms with Gasteiger partial charge in [0.05, 0.1) is 9.79 Å². The first-order valence-electron chi connectivity index (χ1n) is 6.62. The van der Waals surface area contributed by atoms with E-state index in [4.69, 9.17) is 5.73 Å². The Bertz CT molecular complexity index is 965. The number of hydrogen-bond donors (Lipinski definition) is 2. The molecule has 0 unspecified atom stereocenters. The van der Waals surface area contributed by atoms with Crippen molar-refractivity contribution in [2.75, 3.05) is 0 Å². The average Bonchev–Trinajstić information content (AvgIpc) is 3.05. The molecule has 0 aliphatic heterocycles. The van der Waals surface area contributed by atoms with E-state index >= 15 is 0 Å². The highest BCUT2D eigenvalue weighted by Crippen LogP contribution is 2.31. The lowest BCUT2D eigenvalue weighted by Gasteiger charge is -2.09. The predicted molar refractivity (Wildman–Crippen MR) is 82.2 cm³/mol. The number of nitrogens with zero attached hydrogens (tertiary/aromatic N) is 2. The molecule has 116 valence electrons. The lowest BCUT2D eigenvalue weighted by atomic mass is 10.1. The summed E-state index contributed by atoms with van der Waals surface area (Å²) in [6.45, 7) is 0. The second kappa shape index (κ2) is 5.65. The fourth-order valence-corrected chi connectivity index (χ4v) is 3.70. The molecule has 8 heteroatoms. The van der Waals surface area contributed by atoms with Crippen LogP contribution in [-0.4, -0.2) is 29.7 Å². The number of nitrogens with one attached hydrogen (secondary N) is 1. The van der Waals surface area contributed by atoms with Gasteiger partial charge in [0.25, 0.3) is 5.91 Å². The van der Waals surface area contributed by atoms with Crippen molar-refractivity contribution >= 4 is 15.7 Å². The van der Waals surface area contributed by atoms with Crippen molar-refractivity contribution in [2.24, 2.45) is 5.73 Å². The molecule has 0 radical (unpaired) electrons. The summed E-state index contributed by atoms with van der Waals surface area (Å²) in [5.74, 6) is -0.791. The summed E-state index contributed by atoms with van der Waals surface area (Å²) >= 11 is 0. The van der Waals surface area contributed by atoms with E-state index in [2.05, 4.69) is 15.4 Å². The van der Waals surface area contributed by atoms with Crippen molar-refractivity contribution in [1.29, 1.82) is 0 Å². The summed E-state index contributed by atoms with van der Waals surface area (Å²) in [5.41, 5.74) is 5.51. The number of carbonyl (C=O) groups excluding carboxylic acids is 1. The third-order valence-electron chi connectivity index (χ3n) is 3.27. The van der Waals surface area contributed by atoms with E-state index in [1.165, 1.54) is 18.2 Å². The number of sulfone groups is 1. The van der Waals surface area contributed by atoms with Gasteiger partial charge in [-0.3, -0.25) is 4.79 Å². The molecule has 7 nitrogen and oxygen atoms in total. The maximum atomic E-state index is 12.9. The van der Waals surface area contributed by atoms with Gasteiger partial charge < -0.3 is 5.73 Å². The van der Waals surface area contributed by atoms with Crippen molar-refractivity contribution in [3.8, 4) is 11.3 Å². The molecule has 0 atom stereocenters. The first-order chi connectivity index (χ1) is 11.0. The molecule has 0 saturated carbocycles. The molecule has 3 rings (SSSR count). The van der Waals surface area contributed by atoms with Gasteiger partial charge in [-0.25, -0.2) is 8.42 Å². The number of H-pyrrole nitrogens is 1. The molecule has 1 amide bonds. The molecule has 3 aromatic rings. The molecular formula is C15H12N4O3S. The summed E-state index contributed by atoms with van der Waals surface area (Å²) in [6, 6.07) is 14.3. The molecule has 2 aromatic carbocycles. The molecule has 0 fully saturated rings. The zero-order valence-electron chi connectivity index (χ0n) is 11.8. The lowest BCUT2D eigenvalue weighted by Crippen LogP contribution is -2.13. The molecule has 0 aliphatic rings. The van der Waals surface area contributed by atoms with Crippen LogP contribution in [-0.2, 0) is 9.84 Å². The molecule has 1 aromatic heterocycles. The van der Waals surface area contributed by atoms with Gasteiger partial charge in [0.1, 0.15) is 5.69 Å². The van der Waals surface area contributed by atoms with Gasteiger partial charge in [-0.05, 0) is 18.2 Å². The van der Waals surface area contributed by atoms with E-state index in [9.17, 15) is 13.2 Å². The number of carbonyl (C=O) groups is 1. The number of rotatable bonds is 4. The zero-order chi connectivity index (χ0) is 16.4. The number of hydrogen-bond acceptors (Lipinski definition) is 5. The van der Waals surface area contributed by atoms with Crippen LogP contribution in [0.3, 0.4) is 0 Å². The Morgan fingerprint density at radius 3 is 2.30 bits per heavy atom. The SMILES string of the molecule is NC(=O)c1n[nH]nc1-c1ccccc1S(=O)(=O)c1ccccc1. The van der Waals surface area contributed by atoms with Gasteiger partial charge >= 0.3 is 0 Å². The summed E-state index contributed by atoms with van der Waals surface area (Å²) in [4.78, 5) is 11.6. The summed E-state index contributed by atoms with van der Waals surface area (Å²) in [5, 5.41) is 9.86. The van der Waals surface area contributed by atoms with Crippen LogP contribution < -0.4 is 5.73 Å². The number of aromatic nitrogens is 3. The van der Waals surface area contributed by atoms with Crippen LogP contribution in [0.4, 0.5) is 0 Å². The predicted octanol–water partition coefficient (Wildman–Crippen LogP) is 1.40. The minimum Gasteiger partial charge on any atom is -0.364 e. The first-order valence-corrected chi connectivity index (χ1v) is 8.10. The maximum absolute atomic E-state index is 12.9. The van der Waals surface area contributed by atoms with Gasteiger partial charge in [0.2, 0.25) is 9.84 Å². The number of aromatic amines is 1. The van der Waals surface area contributed by atoms with Gasteiger partial charge in [-0.1, -0.05) is 36.4 Å². The second-order valence-electron chi connectivity index (χ2n) is 4.70. The highest BCUT2D eigenvalue weighted by atomic mass is 32.2. The van der Waals surface area contributed by atoms with Gasteiger partial charge in [0, 0.05) is 5.56 Å². The Morgan fingerprint density at radius 1 is 0.957 bits per heavy atom. The van der Waals surface area contributed by atoms with E-state index in [0.29, 0.717) is 0 Å². The van der Waals surface area contributed by atoms with Crippen molar-refractivity contribution in [2.45, 2.75) is 9.79 Å². The number of benzene rings is 2. The average molecular weight is 328 g/mol. The van der Waals surface area contributed by atoms with Crippen LogP contribution in [0.5, 0.6) is 0 Å². The van der Waals surface area contributed by atoms with Crippen molar-refractivity contribution in [3.05, 3.63) is 60.3 Å². The van der Waals surface area contributed by atoms with Gasteiger partial charge in [0.15, 0.2) is 5.69 Å². The van der Waals surface area contributed by atoms with E-state index < -0.39 is 15.7 Å². The topological polar surface area (TPSA) is 119 Å². The third-order valence-corrected chi connectivity index (χ3v) is 5.09. The molecule has 0 aliphatic carbocycles. The normalized spacial score (nSPS) is 11.3. The minimum absolute atomic E-state index is 0.0302. The van der Waals surface area contributed by atoms with E-state index in [-0.39, 0.29) is 26.7 Å². The smallest absolute Gasteiger partial charge is 0.271 e. The second-order valence-corrected chi connectivity index (χ2v) is 6.62. The minimum atomic E-state index is -3.77. The summed E-state index contributed by atoms with van der Waals surface area (Å²) in [7, 11) is -3.77. The molecular weight excluding hydrogens is 316 g/mol. The molecule has 1 heterocycles. The standard InChI is InChI=1S/C15H12N4O3S/c16-15(20)14-13(17-19-18-14)11-8-4-5-9-12(11)23(21,22)10-6-2-1-3-7-10/h1-9H,(H2,16,20)(H,17,18,19). The van der Waals surface area contributed by atoms with E-state index in [0.717, 1.165) is 0 Å². The summed E-state index contributed by atoms with van der Waals surface area (Å²) in [6.07, 6.45) is 0. The zero-order valence-corrected chi connectivity index (χ0v) is 12.6. The van der Waals surface area contributed by atoms with Crippen molar-refractivity contribution < 1.29 is 13.2 Å². The Balaban J connectivity index is 2.24. The molecule has 0 spiro atoms. The highest BCUT2D eigenvalue weighted by molar-refractivity contribution is 7.91. The van der Waals surface area contributed by atoms with Crippen LogP contribution in [0, 0.1) is 0 Å². The summed E-state index contributed by atoms with van der Waals surface area (Å²) < 4.78 is 25.7. The van der Waals surface area contributed by atoms with E-state index in [1.807, 2.05) is 0 Å². The van der Waals surface area contributed by atoms with Crippen LogP contribution in [0.25, 0.3) is 11.3 Å². The number of primary amides is 1. The van der Waals surface area contributed by atoms with Gasteiger partial charge in [-0.15, -0.1) is 0 Å². The fourth-order valence-electron chi connectivity index (χ4n) is 2.21. The van der Waals surface area contributed by atoms with Gasteiger partial charge in [-0.2, -0.15) is 15.4 Å². The molecule has 23 heavy (non-hydrogen) atoms. The van der Waals surface area contributed by atoms with Crippen LogP contribution in [0.15, 0.2) is 64.4 Å². The van der Waals surface area contributed by atoms with Crippen molar-refractivity contribution in [1.82, 2.24) is 15.4 Å². The van der Waals surface area contributed by atoms with Crippen LogP contribution >= 0.6 is 0 Å². The lowest BCUT2D eigenvalue weighted by molar-refractivity contribution is 0.0996. The Labute approximate surface area is 132 Å². The molecule has 0 bridgehead atoms. The monoisotopic (exact) mass is 328 g/mol. The first kappa shape index (κ1) is 14.9. The number of amides is 1. The molecule has 3 N–H and O–H groups in total. The van der Waals surface area contributed by atoms with Crippen molar-refractivity contribution in [3.63, 3.8) is 0 Å². The highest BCUT2D eigenvalue weighted by Gasteiger charge is 2.25. The molecule has 0 saturated heterocycles. The Kier molecular flexibility index (Phi) is 3.67. The Morgan fingerprint density at radius 2 is 1.61 bits per heavy atom. The van der Waals surface area contributed by atoms with Crippen LogP contribution in [0.1, 0.15) is 10.5 Å². The maximum Gasteiger partial charge on any atom is 0.271 e. The fraction of sp³-hybridized carbons (Fsp3) is 0. The Hall–Kier alpha value is -3.00.